The second-order valence-electron chi connectivity index (χ2n) is 10.1. The first kappa shape index (κ1) is 28.1. The first-order valence-corrected chi connectivity index (χ1v) is 13.5. The average molecular weight is 591 g/mol. The van der Waals surface area contributed by atoms with E-state index in [4.69, 9.17) is 24.2 Å². The predicted molar refractivity (Wildman–Crippen MR) is 156 cm³/mol. The number of benzene rings is 3. The number of nitrogens with one attached hydrogen (secondary N) is 1. The van der Waals surface area contributed by atoms with Crippen molar-refractivity contribution in [3.8, 4) is 17.2 Å². The summed E-state index contributed by atoms with van der Waals surface area (Å²) in [7, 11) is 4.62. The fraction of sp³-hybridized carbons (Fsp3) is 0.258. The number of anilines is 3. The van der Waals surface area contributed by atoms with Crippen molar-refractivity contribution in [1.29, 1.82) is 0 Å². The van der Waals surface area contributed by atoms with Crippen LogP contribution in [0.2, 0.25) is 0 Å². The summed E-state index contributed by atoms with van der Waals surface area (Å²) in [4.78, 5) is 16.5. The highest BCUT2D eigenvalue weighted by molar-refractivity contribution is 5.87. The minimum atomic E-state index is -4.40. The van der Waals surface area contributed by atoms with Gasteiger partial charge in [-0.1, -0.05) is 36.4 Å². The molecule has 1 aliphatic rings. The smallest absolute Gasteiger partial charge is 0.416 e. The van der Waals surface area contributed by atoms with Gasteiger partial charge in [-0.15, -0.1) is 0 Å². The number of imidazole rings is 1. The van der Waals surface area contributed by atoms with Crippen LogP contribution in [0.4, 0.5) is 30.6 Å². The van der Waals surface area contributed by atoms with E-state index in [-0.39, 0.29) is 6.54 Å². The van der Waals surface area contributed by atoms with E-state index in [1.165, 1.54) is 30.4 Å². The molecule has 0 radical (unpaired) electrons. The van der Waals surface area contributed by atoms with Gasteiger partial charge in [0.05, 0.1) is 39.8 Å². The molecule has 222 valence electrons. The lowest BCUT2D eigenvalue weighted by atomic mass is 10.0. The van der Waals surface area contributed by atoms with Crippen LogP contribution in [0, 0.1) is 0 Å². The summed E-state index contributed by atoms with van der Waals surface area (Å²) in [5.74, 6) is 2.35. The number of rotatable bonds is 8. The molecule has 9 nitrogen and oxygen atoms in total. The number of fused-ring (bicyclic) bond motifs is 2. The Kier molecular flexibility index (Phi) is 7.43. The fourth-order valence-corrected chi connectivity index (χ4v) is 5.23. The Morgan fingerprint density at radius 2 is 1.58 bits per heavy atom. The van der Waals surface area contributed by atoms with Crippen molar-refractivity contribution in [2.75, 3.05) is 38.1 Å². The van der Waals surface area contributed by atoms with E-state index in [2.05, 4.69) is 27.3 Å². The largest absolute Gasteiger partial charge is 0.493 e. The number of halogens is 3. The Balaban J connectivity index is 1.41. The lowest BCUT2D eigenvalue weighted by Crippen LogP contribution is -2.32. The van der Waals surface area contributed by atoms with Gasteiger partial charge in [0.2, 0.25) is 11.7 Å². The summed E-state index contributed by atoms with van der Waals surface area (Å²) < 4.78 is 57.6. The van der Waals surface area contributed by atoms with Crippen LogP contribution in [0.3, 0.4) is 0 Å². The molecule has 5 aromatic rings. The molecule has 6 rings (SSSR count). The van der Waals surface area contributed by atoms with Crippen molar-refractivity contribution in [3.63, 3.8) is 0 Å². The van der Waals surface area contributed by atoms with Crippen LogP contribution in [-0.2, 0) is 25.7 Å². The summed E-state index contributed by atoms with van der Waals surface area (Å²) in [6, 6.07) is 16.9. The minimum absolute atomic E-state index is 0.275. The number of nitrogens with zero attached hydrogens (tertiary/aromatic N) is 5. The lowest BCUT2D eigenvalue weighted by Gasteiger charge is -2.29. The summed E-state index contributed by atoms with van der Waals surface area (Å²) in [5, 5.41) is 3.35. The summed E-state index contributed by atoms with van der Waals surface area (Å²) >= 11 is 0. The molecular weight excluding hydrogens is 561 g/mol. The number of alkyl halides is 3. The van der Waals surface area contributed by atoms with E-state index in [1.54, 1.807) is 37.2 Å². The lowest BCUT2D eigenvalue weighted by molar-refractivity contribution is -0.137. The normalized spacial score (nSPS) is 13.1. The molecular formula is C31H29F3N6O3. The van der Waals surface area contributed by atoms with Gasteiger partial charge in [-0.2, -0.15) is 23.1 Å². The molecule has 0 bridgehead atoms. The Morgan fingerprint density at radius 3 is 2.23 bits per heavy atom. The van der Waals surface area contributed by atoms with Crippen molar-refractivity contribution in [2.45, 2.75) is 25.7 Å². The molecule has 3 heterocycles. The third kappa shape index (κ3) is 5.60. The van der Waals surface area contributed by atoms with Crippen LogP contribution in [0.1, 0.15) is 22.3 Å². The third-order valence-corrected chi connectivity index (χ3v) is 7.43. The van der Waals surface area contributed by atoms with Crippen molar-refractivity contribution in [3.05, 3.63) is 89.2 Å². The molecule has 43 heavy (non-hydrogen) atoms. The highest BCUT2D eigenvalue weighted by Crippen LogP contribution is 2.41. The van der Waals surface area contributed by atoms with Crippen LogP contribution in [0.25, 0.3) is 11.2 Å². The molecule has 1 aliphatic heterocycles. The van der Waals surface area contributed by atoms with Gasteiger partial charge in [0.25, 0.3) is 0 Å². The van der Waals surface area contributed by atoms with Gasteiger partial charge in [0, 0.05) is 30.9 Å². The molecule has 0 fully saturated rings. The standard InChI is InChI=1S/C31H29F3N6O3/c1-41-24-14-23(15-25(42-2)27(24)43-3)36-28-26-29(38-30(37-28)39-13-12-20-6-4-5-7-21(20)17-39)40(18-35-26)16-19-8-10-22(11-9-19)31(32,33)34/h4-11,14-15,18H,12-13,16-17H2,1-3H3,(H,36,37,38). The van der Waals surface area contributed by atoms with E-state index >= 15 is 0 Å². The number of hydrogen-bond donors (Lipinski definition) is 1. The highest BCUT2D eigenvalue weighted by atomic mass is 19.4. The maximum absolute atomic E-state index is 13.1. The molecule has 0 unspecified atom stereocenters. The van der Waals surface area contributed by atoms with Gasteiger partial charge in [-0.25, -0.2) is 4.98 Å². The van der Waals surface area contributed by atoms with E-state index < -0.39 is 11.7 Å². The second-order valence-corrected chi connectivity index (χ2v) is 10.1. The number of ether oxygens (including phenoxy) is 3. The SMILES string of the molecule is COc1cc(Nc2nc(N3CCc4ccccc4C3)nc3c2ncn3Cc2ccc(C(F)(F)F)cc2)cc(OC)c1OC. The van der Waals surface area contributed by atoms with Crippen LogP contribution >= 0.6 is 0 Å². The first-order chi connectivity index (χ1) is 20.8. The zero-order valence-corrected chi connectivity index (χ0v) is 23.8. The molecule has 0 spiro atoms. The third-order valence-electron chi connectivity index (χ3n) is 7.43. The Hall–Kier alpha value is -5.00. The van der Waals surface area contributed by atoms with E-state index in [9.17, 15) is 13.2 Å². The quantitative estimate of drug-likeness (QED) is 0.228. The maximum atomic E-state index is 13.1. The molecule has 1 N–H and O–H groups in total. The molecule has 0 saturated heterocycles. The Morgan fingerprint density at radius 1 is 0.884 bits per heavy atom. The van der Waals surface area contributed by atoms with Crippen molar-refractivity contribution < 1.29 is 27.4 Å². The summed E-state index contributed by atoms with van der Waals surface area (Å²) in [6.07, 6.45) is -1.94. The molecule has 0 aliphatic carbocycles. The Labute approximate surface area is 245 Å². The number of methoxy groups -OCH3 is 3. The van der Waals surface area contributed by atoms with Crippen molar-refractivity contribution in [2.24, 2.45) is 0 Å². The van der Waals surface area contributed by atoms with E-state index in [1.807, 2.05) is 12.1 Å². The molecule has 2 aromatic heterocycles. The van der Waals surface area contributed by atoms with Crippen LogP contribution in [0.5, 0.6) is 17.2 Å². The maximum Gasteiger partial charge on any atom is 0.416 e. The highest BCUT2D eigenvalue weighted by Gasteiger charge is 2.30. The van der Waals surface area contributed by atoms with E-state index in [0.717, 1.165) is 25.1 Å². The number of aromatic nitrogens is 4. The van der Waals surface area contributed by atoms with Gasteiger partial charge >= 0.3 is 6.18 Å². The predicted octanol–water partition coefficient (Wildman–Crippen LogP) is 6.23. The van der Waals surface area contributed by atoms with Gasteiger partial charge in [-0.05, 0) is 35.2 Å². The summed E-state index contributed by atoms with van der Waals surface area (Å²) in [5.41, 5.74) is 4.15. The topological polar surface area (TPSA) is 86.6 Å². The van der Waals surface area contributed by atoms with Gasteiger partial charge in [0.1, 0.15) is 0 Å². The summed E-state index contributed by atoms with van der Waals surface area (Å²) in [6.45, 7) is 1.63. The van der Waals surface area contributed by atoms with E-state index in [0.29, 0.717) is 58.0 Å². The molecule has 0 amide bonds. The van der Waals surface area contributed by atoms with Crippen LogP contribution in [-0.4, -0.2) is 47.4 Å². The Bertz CT molecular complexity index is 1750. The average Bonchev–Trinajstić information content (AvgIpc) is 3.42. The molecule has 0 saturated carbocycles. The second kappa shape index (κ2) is 11.3. The van der Waals surface area contributed by atoms with Crippen molar-refractivity contribution in [1.82, 2.24) is 19.5 Å². The van der Waals surface area contributed by atoms with Crippen LogP contribution < -0.4 is 24.4 Å². The first-order valence-electron chi connectivity index (χ1n) is 13.5. The molecule has 12 heteroatoms. The fourth-order valence-electron chi connectivity index (χ4n) is 5.23. The van der Waals surface area contributed by atoms with Gasteiger partial charge in [0.15, 0.2) is 28.5 Å². The van der Waals surface area contributed by atoms with Crippen LogP contribution in [0.15, 0.2) is 67.0 Å². The van der Waals surface area contributed by atoms with Gasteiger partial charge in [-0.3, -0.25) is 0 Å². The zero-order chi connectivity index (χ0) is 30.1. The van der Waals surface area contributed by atoms with Crippen molar-refractivity contribution >= 4 is 28.6 Å². The molecule has 3 aromatic carbocycles. The molecule has 0 atom stereocenters. The number of hydrogen-bond acceptors (Lipinski definition) is 8. The minimum Gasteiger partial charge on any atom is -0.493 e. The zero-order valence-electron chi connectivity index (χ0n) is 23.8. The monoisotopic (exact) mass is 590 g/mol. The van der Waals surface area contributed by atoms with Gasteiger partial charge < -0.3 is 29.0 Å².